The van der Waals surface area contributed by atoms with Crippen molar-refractivity contribution in [3.63, 3.8) is 0 Å². The van der Waals surface area contributed by atoms with Crippen LogP contribution in [0.15, 0.2) is 0 Å². The number of carbonyl (C=O) groups excluding carboxylic acids is 1. The second kappa shape index (κ2) is 6.77. The smallest absolute Gasteiger partial charge is 0.383 e. The van der Waals surface area contributed by atoms with Crippen LogP contribution in [0.1, 0.15) is 29.8 Å². The summed E-state index contributed by atoms with van der Waals surface area (Å²) in [5, 5.41) is 18.9. The van der Waals surface area contributed by atoms with Gasteiger partial charge in [-0.15, -0.1) is 0 Å². The predicted molar refractivity (Wildman–Crippen MR) is 76.7 cm³/mol. The van der Waals surface area contributed by atoms with Crippen LogP contribution in [0.5, 0.6) is 0 Å². The minimum Gasteiger partial charge on any atom is -0.383 e. The first-order chi connectivity index (χ1) is 10.7. The first kappa shape index (κ1) is 17.6. The zero-order chi connectivity index (χ0) is 17.2. The van der Waals surface area contributed by atoms with Crippen molar-refractivity contribution in [3.05, 3.63) is 17.0 Å². The molecule has 0 bridgehead atoms. The van der Waals surface area contributed by atoms with Gasteiger partial charge in [0.25, 0.3) is 0 Å². The summed E-state index contributed by atoms with van der Waals surface area (Å²) in [6, 6.07) is -0.315. The average molecular weight is 334 g/mol. The van der Waals surface area contributed by atoms with Crippen molar-refractivity contribution in [2.75, 3.05) is 13.1 Å². The molecule has 1 atom stereocenters. The Morgan fingerprint density at radius 2 is 2.04 bits per heavy atom. The van der Waals surface area contributed by atoms with E-state index in [-0.39, 0.29) is 32.0 Å². The number of aliphatic hydroxyl groups excluding tert-OH is 1. The molecular formula is C14H21F3N4O2. The van der Waals surface area contributed by atoms with Gasteiger partial charge in [-0.2, -0.15) is 18.3 Å². The molecule has 1 aliphatic heterocycles. The van der Waals surface area contributed by atoms with Crippen molar-refractivity contribution in [3.8, 4) is 0 Å². The van der Waals surface area contributed by atoms with Gasteiger partial charge in [0.15, 0.2) is 6.10 Å². The molecule has 1 fully saturated rings. The van der Waals surface area contributed by atoms with E-state index in [1.54, 1.807) is 0 Å². The lowest BCUT2D eigenvalue weighted by atomic mass is 9.91. The second-order valence-electron chi connectivity index (χ2n) is 5.88. The number of aryl methyl sites for hydroxylation is 2. The SMILES string of the molecule is Cc1n[nH]c(C)c1CNC(=O)N1CCC(C(O)C(F)(F)F)CC1. The van der Waals surface area contributed by atoms with Crippen molar-refractivity contribution in [2.24, 2.45) is 5.92 Å². The minimum atomic E-state index is -4.61. The van der Waals surface area contributed by atoms with Gasteiger partial charge < -0.3 is 15.3 Å². The van der Waals surface area contributed by atoms with Crippen LogP contribution in [-0.4, -0.2) is 51.6 Å². The van der Waals surface area contributed by atoms with E-state index >= 15 is 0 Å². The summed E-state index contributed by atoms with van der Waals surface area (Å²) < 4.78 is 37.5. The number of nitrogens with zero attached hydrogens (tertiary/aromatic N) is 2. The predicted octanol–water partition coefficient (Wildman–Crippen LogP) is 1.87. The third kappa shape index (κ3) is 4.15. The number of alkyl halides is 3. The number of hydrogen-bond donors (Lipinski definition) is 3. The molecule has 1 aromatic rings. The molecule has 0 aromatic carbocycles. The highest BCUT2D eigenvalue weighted by Gasteiger charge is 2.44. The Labute approximate surface area is 132 Å². The van der Waals surface area contributed by atoms with Crippen LogP contribution in [-0.2, 0) is 6.54 Å². The van der Waals surface area contributed by atoms with E-state index in [0.717, 1.165) is 17.0 Å². The molecule has 2 heterocycles. The van der Waals surface area contributed by atoms with Crippen molar-refractivity contribution in [2.45, 2.75) is 45.5 Å². The first-order valence-corrected chi connectivity index (χ1v) is 7.48. The summed E-state index contributed by atoms with van der Waals surface area (Å²) in [6.07, 6.45) is -6.65. The van der Waals surface area contributed by atoms with Crippen molar-refractivity contribution >= 4 is 6.03 Å². The van der Waals surface area contributed by atoms with E-state index < -0.39 is 18.2 Å². The quantitative estimate of drug-likeness (QED) is 0.789. The van der Waals surface area contributed by atoms with Crippen LogP contribution in [0.3, 0.4) is 0 Å². The fraction of sp³-hybridized carbons (Fsp3) is 0.714. The molecule has 0 saturated carbocycles. The summed E-state index contributed by atoms with van der Waals surface area (Å²) in [5.74, 6) is -0.850. The summed E-state index contributed by atoms with van der Waals surface area (Å²) in [5.41, 5.74) is 2.57. The molecule has 1 saturated heterocycles. The highest BCUT2D eigenvalue weighted by atomic mass is 19.4. The van der Waals surface area contributed by atoms with Crippen LogP contribution in [0, 0.1) is 19.8 Å². The number of aromatic nitrogens is 2. The average Bonchev–Trinajstić information content (AvgIpc) is 2.82. The Hall–Kier alpha value is -1.77. The maximum absolute atomic E-state index is 12.5. The molecule has 23 heavy (non-hydrogen) atoms. The maximum atomic E-state index is 12.5. The number of piperidine rings is 1. The number of urea groups is 1. The fourth-order valence-electron chi connectivity index (χ4n) is 2.80. The Morgan fingerprint density at radius 3 is 2.52 bits per heavy atom. The van der Waals surface area contributed by atoms with Crippen molar-refractivity contribution in [1.29, 1.82) is 0 Å². The Morgan fingerprint density at radius 1 is 1.43 bits per heavy atom. The summed E-state index contributed by atoms with van der Waals surface area (Å²) in [6.45, 7) is 4.40. The molecule has 3 N–H and O–H groups in total. The number of H-pyrrole nitrogens is 1. The van der Waals surface area contributed by atoms with E-state index in [0.29, 0.717) is 6.54 Å². The molecule has 6 nitrogen and oxygen atoms in total. The molecule has 0 aliphatic carbocycles. The van der Waals surface area contributed by atoms with Crippen molar-refractivity contribution in [1.82, 2.24) is 20.4 Å². The van der Waals surface area contributed by atoms with Crippen LogP contribution >= 0.6 is 0 Å². The van der Waals surface area contributed by atoms with E-state index in [1.165, 1.54) is 4.90 Å². The summed E-state index contributed by atoms with van der Waals surface area (Å²) in [4.78, 5) is 13.6. The molecule has 0 spiro atoms. The maximum Gasteiger partial charge on any atom is 0.414 e. The van der Waals surface area contributed by atoms with Gasteiger partial charge in [0.2, 0.25) is 0 Å². The molecule has 1 aromatic heterocycles. The molecule has 1 aliphatic rings. The molecule has 2 rings (SSSR count). The lowest BCUT2D eigenvalue weighted by Crippen LogP contribution is -2.48. The van der Waals surface area contributed by atoms with E-state index in [1.807, 2.05) is 13.8 Å². The Balaban J connectivity index is 1.82. The molecule has 0 radical (unpaired) electrons. The molecule has 1 unspecified atom stereocenters. The monoisotopic (exact) mass is 334 g/mol. The van der Waals surface area contributed by atoms with Gasteiger partial charge in [0.05, 0.1) is 5.69 Å². The number of aromatic amines is 1. The number of carbonyl (C=O) groups is 1. The van der Waals surface area contributed by atoms with Gasteiger partial charge in [-0.05, 0) is 32.6 Å². The number of halogens is 3. The topological polar surface area (TPSA) is 81.2 Å². The third-order valence-electron chi connectivity index (χ3n) is 4.31. The third-order valence-corrected chi connectivity index (χ3v) is 4.31. The molecular weight excluding hydrogens is 313 g/mol. The zero-order valence-corrected chi connectivity index (χ0v) is 13.1. The number of amides is 2. The normalized spacial score (nSPS) is 18.1. The van der Waals surface area contributed by atoms with Crippen LogP contribution in [0.2, 0.25) is 0 Å². The van der Waals surface area contributed by atoms with Crippen molar-refractivity contribution < 1.29 is 23.1 Å². The number of hydrogen-bond acceptors (Lipinski definition) is 3. The van der Waals surface area contributed by atoms with Crippen LogP contribution < -0.4 is 5.32 Å². The summed E-state index contributed by atoms with van der Waals surface area (Å²) in [7, 11) is 0. The number of aliphatic hydroxyl groups is 1. The second-order valence-corrected chi connectivity index (χ2v) is 5.88. The van der Waals surface area contributed by atoms with E-state index in [2.05, 4.69) is 15.5 Å². The van der Waals surface area contributed by atoms with Crippen LogP contribution in [0.4, 0.5) is 18.0 Å². The van der Waals surface area contributed by atoms with E-state index in [9.17, 15) is 23.1 Å². The van der Waals surface area contributed by atoms with Gasteiger partial charge in [-0.25, -0.2) is 4.79 Å². The Bertz CT molecular complexity index is 531. The molecule has 2 amide bonds. The van der Waals surface area contributed by atoms with Crippen LogP contribution in [0.25, 0.3) is 0 Å². The fourth-order valence-corrected chi connectivity index (χ4v) is 2.80. The van der Waals surface area contributed by atoms with Gasteiger partial charge >= 0.3 is 12.2 Å². The zero-order valence-electron chi connectivity index (χ0n) is 13.1. The largest absolute Gasteiger partial charge is 0.414 e. The first-order valence-electron chi connectivity index (χ1n) is 7.48. The van der Waals surface area contributed by atoms with Gasteiger partial charge in [0, 0.05) is 30.9 Å². The lowest BCUT2D eigenvalue weighted by Gasteiger charge is -2.34. The van der Waals surface area contributed by atoms with Gasteiger partial charge in [-0.3, -0.25) is 5.10 Å². The van der Waals surface area contributed by atoms with Gasteiger partial charge in [0.1, 0.15) is 0 Å². The Kier molecular flexibility index (Phi) is 5.18. The molecule has 130 valence electrons. The standard InChI is InChI=1S/C14H21F3N4O2/c1-8-11(9(2)20-19-8)7-18-13(23)21-5-3-10(4-6-21)12(22)14(15,16)17/h10,12,22H,3-7H2,1-2H3,(H,18,23)(H,19,20). The van der Waals surface area contributed by atoms with E-state index in [4.69, 9.17) is 0 Å². The van der Waals surface area contributed by atoms with Gasteiger partial charge in [-0.1, -0.05) is 0 Å². The summed E-state index contributed by atoms with van der Waals surface area (Å²) >= 11 is 0. The molecule has 9 heteroatoms. The number of nitrogens with one attached hydrogen (secondary N) is 2. The lowest BCUT2D eigenvalue weighted by molar-refractivity contribution is -0.222. The highest BCUT2D eigenvalue weighted by molar-refractivity contribution is 5.74. The number of rotatable bonds is 3. The highest BCUT2D eigenvalue weighted by Crippen LogP contribution is 2.31. The number of likely N-dealkylation sites (tertiary alicyclic amines) is 1. The minimum absolute atomic E-state index is 0.137.